The van der Waals surface area contributed by atoms with E-state index in [-0.39, 0.29) is 5.97 Å². The lowest BCUT2D eigenvalue weighted by atomic mass is 10.1. The number of methoxy groups -OCH3 is 1. The summed E-state index contributed by atoms with van der Waals surface area (Å²) in [6.07, 6.45) is 0. The molecular weight excluding hydrogens is 264 g/mol. The summed E-state index contributed by atoms with van der Waals surface area (Å²) in [5.41, 5.74) is 3.81. The van der Waals surface area contributed by atoms with E-state index in [0.29, 0.717) is 17.7 Å². The number of nitrogens with zero attached hydrogens (tertiary/aromatic N) is 1. The third-order valence-electron chi connectivity index (χ3n) is 3.12. The molecule has 0 fully saturated rings. The zero-order valence-electron chi connectivity index (χ0n) is 12.0. The highest BCUT2D eigenvalue weighted by atomic mass is 16.5. The van der Waals surface area contributed by atoms with Gasteiger partial charge in [0.05, 0.1) is 24.3 Å². The zero-order chi connectivity index (χ0) is 15.2. The van der Waals surface area contributed by atoms with Gasteiger partial charge in [-0.1, -0.05) is 23.8 Å². The van der Waals surface area contributed by atoms with Crippen molar-refractivity contribution in [1.29, 1.82) is 5.26 Å². The highest BCUT2D eigenvalue weighted by Gasteiger charge is 2.11. The fourth-order valence-corrected chi connectivity index (χ4v) is 2.04. The van der Waals surface area contributed by atoms with Crippen LogP contribution in [0, 0.1) is 18.3 Å². The smallest absolute Gasteiger partial charge is 0.339 e. The first-order chi connectivity index (χ1) is 10.1. The molecule has 2 rings (SSSR count). The van der Waals surface area contributed by atoms with E-state index in [1.807, 2.05) is 37.3 Å². The lowest BCUT2D eigenvalue weighted by Crippen LogP contribution is -2.08. The lowest BCUT2D eigenvalue weighted by molar-refractivity contribution is 0.0601. The van der Waals surface area contributed by atoms with Gasteiger partial charge >= 0.3 is 5.97 Å². The van der Waals surface area contributed by atoms with Crippen molar-refractivity contribution >= 4 is 11.7 Å². The summed E-state index contributed by atoms with van der Waals surface area (Å²) in [6, 6.07) is 15.0. The van der Waals surface area contributed by atoms with Crippen molar-refractivity contribution in [3.8, 4) is 6.07 Å². The second-order valence-electron chi connectivity index (χ2n) is 4.71. The first-order valence-electron chi connectivity index (χ1n) is 6.56. The fraction of sp³-hybridized carbons (Fsp3) is 0.176. The van der Waals surface area contributed by atoms with Crippen LogP contribution in [0.25, 0.3) is 0 Å². The Morgan fingerprint density at radius 1 is 1.29 bits per heavy atom. The molecule has 0 radical (unpaired) electrons. The maximum atomic E-state index is 11.8. The molecule has 0 aromatic heterocycles. The van der Waals surface area contributed by atoms with Crippen LogP contribution in [0.2, 0.25) is 0 Å². The third-order valence-corrected chi connectivity index (χ3v) is 3.12. The summed E-state index contributed by atoms with van der Waals surface area (Å²) in [6.45, 7) is 2.45. The largest absolute Gasteiger partial charge is 0.465 e. The monoisotopic (exact) mass is 280 g/mol. The van der Waals surface area contributed by atoms with Crippen LogP contribution in [0.4, 0.5) is 5.69 Å². The molecule has 0 aliphatic rings. The number of carbonyl (C=O) groups excluding carboxylic acids is 1. The number of hydrogen-bond acceptors (Lipinski definition) is 4. The van der Waals surface area contributed by atoms with Crippen LogP contribution in [0.5, 0.6) is 0 Å². The average Bonchev–Trinajstić information content (AvgIpc) is 2.53. The quantitative estimate of drug-likeness (QED) is 0.873. The van der Waals surface area contributed by atoms with E-state index < -0.39 is 0 Å². The Morgan fingerprint density at radius 3 is 2.81 bits per heavy atom. The van der Waals surface area contributed by atoms with Gasteiger partial charge in [-0.25, -0.2) is 4.79 Å². The van der Waals surface area contributed by atoms with Gasteiger partial charge < -0.3 is 10.1 Å². The maximum Gasteiger partial charge on any atom is 0.339 e. The molecular formula is C17H16N2O2. The van der Waals surface area contributed by atoms with E-state index in [4.69, 9.17) is 10.00 Å². The first kappa shape index (κ1) is 14.6. The molecule has 0 atom stereocenters. The lowest BCUT2D eigenvalue weighted by Gasteiger charge is -2.12. The molecule has 2 aromatic carbocycles. The Kier molecular flexibility index (Phi) is 4.57. The maximum absolute atomic E-state index is 11.8. The number of hydrogen-bond donors (Lipinski definition) is 1. The summed E-state index contributed by atoms with van der Waals surface area (Å²) in [5.74, 6) is -0.369. The number of nitriles is 1. The Labute approximate surface area is 124 Å². The van der Waals surface area contributed by atoms with E-state index in [1.54, 1.807) is 12.1 Å². The summed E-state index contributed by atoms with van der Waals surface area (Å²) < 4.78 is 4.80. The van der Waals surface area contributed by atoms with Crippen LogP contribution < -0.4 is 5.32 Å². The van der Waals surface area contributed by atoms with Crippen molar-refractivity contribution in [3.05, 3.63) is 64.7 Å². The number of nitrogens with one attached hydrogen (secondary N) is 1. The molecule has 0 unspecified atom stereocenters. The number of ether oxygens (including phenoxy) is 1. The molecule has 0 aliphatic heterocycles. The molecule has 0 heterocycles. The van der Waals surface area contributed by atoms with Crippen molar-refractivity contribution in [2.75, 3.05) is 12.4 Å². The normalized spacial score (nSPS) is 9.76. The zero-order valence-corrected chi connectivity index (χ0v) is 12.0. The third kappa shape index (κ3) is 3.61. The summed E-state index contributed by atoms with van der Waals surface area (Å²) >= 11 is 0. The average molecular weight is 280 g/mol. The van der Waals surface area contributed by atoms with E-state index >= 15 is 0 Å². The van der Waals surface area contributed by atoms with E-state index in [0.717, 1.165) is 16.8 Å². The summed E-state index contributed by atoms with van der Waals surface area (Å²) in [4.78, 5) is 11.8. The standard InChI is InChI=1S/C17H16N2O2/c1-12-6-7-16(15(8-12)17(20)21-2)19-11-14-5-3-4-13(9-14)10-18/h3-9,19H,11H2,1-2H3. The van der Waals surface area contributed by atoms with Crippen LogP contribution in [-0.2, 0) is 11.3 Å². The summed E-state index contributed by atoms with van der Waals surface area (Å²) in [5, 5.41) is 12.1. The molecule has 0 aliphatic carbocycles. The topological polar surface area (TPSA) is 62.1 Å². The van der Waals surface area contributed by atoms with Crippen molar-refractivity contribution in [2.45, 2.75) is 13.5 Å². The highest BCUT2D eigenvalue weighted by molar-refractivity contribution is 5.95. The van der Waals surface area contributed by atoms with Crippen molar-refractivity contribution in [2.24, 2.45) is 0 Å². The molecule has 1 N–H and O–H groups in total. The van der Waals surface area contributed by atoms with Crippen LogP contribution in [0.3, 0.4) is 0 Å². The van der Waals surface area contributed by atoms with Gasteiger partial charge in [0.1, 0.15) is 0 Å². The second kappa shape index (κ2) is 6.58. The summed E-state index contributed by atoms with van der Waals surface area (Å²) in [7, 11) is 1.37. The van der Waals surface area contributed by atoms with Gasteiger partial charge in [-0.15, -0.1) is 0 Å². The molecule has 0 bridgehead atoms. The first-order valence-corrected chi connectivity index (χ1v) is 6.56. The van der Waals surface area contributed by atoms with Gasteiger partial charge in [0.25, 0.3) is 0 Å². The van der Waals surface area contributed by atoms with Gasteiger partial charge in [-0.2, -0.15) is 5.26 Å². The predicted octanol–water partition coefficient (Wildman–Crippen LogP) is 3.27. The minimum absolute atomic E-state index is 0.369. The molecule has 4 heteroatoms. The Bertz CT molecular complexity index is 702. The van der Waals surface area contributed by atoms with Crippen LogP contribution in [0.15, 0.2) is 42.5 Å². The van der Waals surface area contributed by atoms with Crippen molar-refractivity contribution < 1.29 is 9.53 Å². The van der Waals surface area contributed by atoms with Crippen LogP contribution in [-0.4, -0.2) is 13.1 Å². The number of rotatable bonds is 4. The number of esters is 1. The number of aryl methyl sites for hydroxylation is 1. The van der Waals surface area contributed by atoms with E-state index in [9.17, 15) is 4.79 Å². The van der Waals surface area contributed by atoms with E-state index in [2.05, 4.69) is 11.4 Å². The molecule has 0 saturated heterocycles. The minimum Gasteiger partial charge on any atom is -0.465 e. The Balaban J connectivity index is 2.20. The fourth-order valence-electron chi connectivity index (χ4n) is 2.04. The van der Waals surface area contributed by atoms with Gasteiger partial charge in [0, 0.05) is 12.2 Å². The molecule has 4 nitrogen and oxygen atoms in total. The Morgan fingerprint density at radius 2 is 2.10 bits per heavy atom. The molecule has 0 amide bonds. The second-order valence-corrected chi connectivity index (χ2v) is 4.71. The molecule has 106 valence electrons. The van der Waals surface area contributed by atoms with Gasteiger partial charge in [0.15, 0.2) is 0 Å². The SMILES string of the molecule is COC(=O)c1cc(C)ccc1NCc1cccc(C#N)c1. The number of carbonyl (C=O) groups is 1. The van der Waals surface area contributed by atoms with E-state index in [1.165, 1.54) is 7.11 Å². The Hall–Kier alpha value is -2.80. The minimum atomic E-state index is -0.369. The number of anilines is 1. The number of benzene rings is 2. The van der Waals surface area contributed by atoms with Gasteiger partial charge in [0.2, 0.25) is 0 Å². The molecule has 21 heavy (non-hydrogen) atoms. The highest BCUT2D eigenvalue weighted by Crippen LogP contribution is 2.19. The van der Waals surface area contributed by atoms with Crippen LogP contribution >= 0.6 is 0 Å². The van der Waals surface area contributed by atoms with Crippen molar-refractivity contribution in [3.63, 3.8) is 0 Å². The predicted molar refractivity (Wildman–Crippen MR) is 81.0 cm³/mol. The molecule has 0 saturated carbocycles. The van der Waals surface area contributed by atoms with Gasteiger partial charge in [-0.05, 0) is 36.8 Å². The molecule has 0 spiro atoms. The van der Waals surface area contributed by atoms with Crippen LogP contribution in [0.1, 0.15) is 27.0 Å². The van der Waals surface area contributed by atoms with Gasteiger partial charge in [-0.3, -0.25) is 0 Å². The van der Waals surface area contributed by atoms with Crippen molar-refractivity contribution in [1.82, 2.24) is 0 Å². The molecule has 2 aromatic rings.